The van der Waals surface area contributed by atoms with Crippen LogP contribution in [0.3, 0.4) is 0 Å². The molecule has 0 saturated carbocycles. The molecule has 3 amide bonds. The topological polar surface area (TPSA) is 165 Å². The summed E-state index contributed by atoms with van der Waals surface area (Å²) in [4.78, 5) is 37.9. The van der Waals surface area contributed by atoms with E-state index >= 15 is 0 Å². The Kier molecular flexibility index (Phi) is 7.91. The zero-order valence-electron chi connectivity index (χ0n) is 20.6. The number of imide groups is 1. The molecular formula is C24H24FN7O6. The van der Waals surface area contributed by atoms with Crippen molar-refractivity contribution in [2.75, 3.05) is 26.0 Å². The van der Waals surface area contributed by atoms with Gasteiger partial charge >= 0.3 is 6.01 Å². The summed E-state index contributed by atoms with van der Waals surface area (Å²) < 4.78 is 28.8. The fraction of sp³-hybridized carbons (Fsp3) is 0.250. The lowest BCUT2D eigenvalue weighted by atomic mass is 10.1. The Hall–Kier alpha value is -4.85. The Bertz CT molecular complexity index is 1470. The van der Waals surface area contributed by atoms with Gasteiger partial charge in [-0.05, 0) is 43.8 Å². The van der Waals surface area contributed by atoms with Gasteiger partial charge in [-0.2, -0.15) is 5.12 Å². The summed E-state index contributed by atoms with van der Waals surface area (Å²) >= 11 is 0. The highest BCUT2D eigenvalue weighted by atomic mass is 19.2. The predicted octanol–water partition coefficient (Wildman–Crippen LogP) is 2.38. The lowest BCUT2D eigenvalue weighted by Crippen LogP contribution is -2.34. The van der Waals surface area contributed by atoms with Crippen molar-refractivity contribution in [3.05, 3.63) is 53.3 Å². The van der Waals surface area contributed by atoms with Gasteiger partial charge in [0.25, 0.3) is 17.7 Å². The smallest absolute Gasteiger partial charge is 0.315 e. The van der Waals surface area contributed by atoms with Gasteiger partial charge in [-0.1, -0.05) is 15.6 Å². The summed E-state index contributed by atoms with van der Waals surface area (Å²) in [5, 5.41) is 15.8. The molecule has 38 heavy (non-hydrogen) atoms. The molecule has 1 aliphatic rings. The molecule has 1 aliphatic heterocycles. The van der Waals surface area contributed by atoms with E-state index < -0.39 is 17.9 Å². The highest BCUT2D eigenvalue weighted by Crippen LogP contribution is 2.27. The first-order valence-corrected chi connectivity index (χ1v) is 11.4. The minimum absolute atomic E-state index is 0.0398. The number of pyridine rings is 1. The van der Waals surface area contributed by atoms with Crippen molar-refractivity contribution in [1.29, 1.82) is 0 Å². The summed E-state index contributed by atoms with van der Waals surface area (Å²) in [7, 11) is 3.09. The Labute approximate surface area is 215 Å². The van der Waals surface area contributed by atoms with E-state index in [0.717, 1.165) is 0 Å². The number of furan rings is 1. The highest BCUT2D eigenvalue weighted by Gasteiger charge is 2.27. The maximum Gasteiger partial charge on any atom is 0.315 e. The van der Waals surface area contributed by atoms with Crippen molar-refractivity contribution in [3.8, 4) is 17.3 Å². The summed E-state index contributed by atoms with van der Waals surface area (Å²) in [6.07, 6.45) is 0.323. The van der Waals surface area contributed by atoms with E-state index in [2.05, 4.69) is 31.1 Å². The van der Waals surface area contributed by atoms with E-state index in [1.165, 1.54) is 7.11 Å². The molecule has 5 rings (SSSR count). The van der Waals surface area contributed by atoms with Crippen LogP contribution >= 0.6 is 0 Å². The maximum atomic E-state index is 12.8. The number of hydrogen-bond acceptors (Lipinski definition) is 11. The molecule has 0 spiro atoms. The van der Waals surface area contributed by atoms with Gasteiger partial charge in [0.2, 0.25) is 6.41 Å². The molecule has 0 saturated heterocycles. The highest BCUT2D eigenvalue weighted by molar-refractivity contribution is 5.98. The van der Waals surface area contributed by atoms with Crippen molar-refractivity contribution >= 4 is 35.3 Å². The number of nitrogens with zero attached hydrogens (tertiary/aromatic N) is 4. The van der Waals surface area contributed by atoms with Crippen molar-refractivity contribution in [2.45, 2.75) is 19.5 Å². The van der Waals surface area contributed by atoms with Gasteiger partial charge < -0.3 is 24.2 Å². The number of amides is 3. The number of hydrogen-bond donors (Lipinski definition) is 3. The molecule has 1 unspecified atom stereocenters. The van der Waals surface area contributed by atoms with Crippen LogP contribution in [-0.2, 0) is 16.1 Å². The fourth-order valence-electron chi connectivity index (χ4n) is 3.67. The third kappa shape index (κ3) is 5.44. The van der Waals surface area contributed by atoms with Crippen LogP contribution in [0.1, 0.15) is 34.6 Å². The number of halogens is 1. The van der Waals surface area contributed by atoms with Crippen molar-refractivity contribution in [1.82, 2.24) is 30.9 Å². The van der Waals surface area contributed by atoms with E-state index in [0.29, 0.717) is 58.4 Å². The number of aromatic nitrogens is 3. The second-order valence-corrected chi connectivity index (χ2v) is 7.87. The van der Waals surface area contributed by atoms with Crippen molar-refractivity contribution < 1.29 is 32.4 Å². The number of benzene rings is 1. The summed E-state index contributed by atoms with van der Waals surface area (Å²) in [6.45, 7) is 2.62. The standard InChI is InChI=1S/C15H16N6O4.C9H8FNO2/c1-3-17-15-21-20-14(25-15)8-4-5-10-9(19-8)6-11(24-10)12(16-2)13(23)18-7-22;1-13-7-3-2-6-5-11(10)9(12)8(6)4-7/h4-7,12,16H,3H2,1-2H3,(H,17,21)(H,18,22,23);2-4H,5H2,1H3. The number of anilines is 1. The molecule has 1 aromatic carbocycles. The average molecular weight is 525 g/mol. The second kappa shape index (κ2) is 11.5. The molecular weight excluding hydrogens is 501 g/mol. The Morgan fingerprint density at radius 3 is 2.76 bits per heavy atom. The van der Waals surface area contributed by atoms with E-state index in [4.69, 9.17) is 13.6 Å². The largest absolute Gasteiger partial charge is 0.497 e. The number of rotatable bonds is 8. The van der Waals surface area contributed by atoms with Crippen LogP contribution in [0, 0.1) is 0 Å². The van der Waals surface area contributed by atoms with Crippen molar-refractivity contribution in [3.63, 3.8) is 0 Å². The number of likely N-dealkylation sites (N-methyl/N-ethyl adjacent to an activating group) is 1. The number of nitrogens with one attached hydrogen (secondary N) is 3. The monoisotopic (exact) mass is 525 g/mol. The van der Waals surface area contributed by atoms with Gasteiger partial charge in [0.15, 0.2) is 5.58 Å². The van der Waals surface area contributed by atoms with Crippen LogP contribution in [0.5, 0.6) is 5.75 Å². The molecule has 4 heterocycles. The Morgan fingerprint density at radius 1 is 1.24 bits per heavy atom. The van der Waals surface area contributed by atoms with Gasteiger partial charge in [0.05, 0.1) is 19.2 Å². The minimum Gasteiger partial charge on any atom is -0.497 e. The zero-order valence-corrected chi connectivity index (χ0v) is 20.6. The Balaban J connectivity index is 0.000000216. The van der Waals surface area contributed by atoms with Crippen LogP contribution in [0.2, 0.25) is 0 Å². The third-order valence-electron chi connectivity index (χ3n) is 5.48. The first-order chi connectivity index (χ1) is 18.4. The quantitative estimate of drug-likeness (QED) is 0.228. The van der Waals surface area contributed by atoms with E-state index in [-0.39, 0.29) is 17.6 Å². The van der Waals surface area contributed by atoms with Gasteiger partial charge in [0, 0.05) is 12.6 Å². The average Bonchev–Trinajstić information content (AvgIpc) is 3.62. The zero-order chi connectivity index (χ0) is 27.2. The number of methoxy groups -OCH3 is 1. The molecule has 3 aromatic heterocycles. The minimum atomic E-state index is -0.813. The molecule has 14 heteroatoms. The molecule has 4 aromatic rings. The van der Waals surface area contributed by atoms with Crippen LogP contribution in [0.4, 0.5) is 10.5 Å². The molecule has 0 radical (unpaired) electrons. The van der Waals surface area contributed by atoms with Gasteiger partial charge in [0.1, 0.15) is 28.8 Å². The number of carbonyl (C=O) groups is 3. The number of carbonyl (C=O) groups excluding carboxylic acids is 3. The summed E-state index contributed by atoms with van der Waals surface area (Å²) in [6, 6.07) is 9.46. The van der Waals surface area contributed by atoms with Crippen LogP contribution in [-0.4, -0.2) is 59.2 Å². The lowest BCUT2D eigenvalue weighted by Gasteiger charge is -2.10. The lowest BCUT2D eigenvalue weighted by molar-refractivity contribution is -0.127. The van der Waals surface area contributed by atoms with E-state index in [1.807, 2.05) is 6.92 Å². The maximum absolute atomic E-state index is 12.8. The summed E-state index contributed by atoms with van der Waals surface area (Å²) in [5.74, 6) is 0.0603. The molecule has 13 nitrogen and oxygen atoms in total. The van der Waals surface area contributed by atoms with Gasteiger partial charge in [-0.3, -0.25) is 19.7 Å². The van der Waals surface area contributed by atoms with Crippen LogP contribution in [0.15, 0.2) is 45.2 Å². The van der Waals surface area contributed by atoms with Gasteiger partial charge in [-0.15, -0.1) is 5.10 Å². The number of fused-ring (bicyclic) bond motifs is 2. The molecule has 1 atom stereocenters. The molecule has 0 aliphatic carbocycles. The SMILES string of the molecule is CCNc1nnc(-c2ccc3oc(C(NC)C(=O)NC=O)cc3n2)o1.COc1ccc2c(c1)C(=O)N(F)C2. The summed E-state index contributed by atoms with van der Waals surface area (Å²) in [5.41, 5.74) is 2.59. The van der Waals surface area contributed by atoms with E-state index in [9.17, 15) is 18.9 Å². The first kappa shape index (κ1) is 26.2. The molecule has 0 bridgehead atoms. The van der Waals surface area contributed by atoms with Gasteiger partial charge in [-0.25, -0.2) is 4.98 Å². The molecule has 198 valence electrons. The normalized spacial score (nSPS) is 12.9. The molecule has 3 N–H and O–H groups in total. The van der Waals surface area contributed by atoms with Crippen LogP contribution in [0.25, 0.3) is 22.7 Å². The van der Waals surface area contributed by atoms with E-state index in [1.54, 1.807) is 43.4 Å². The molecule has 0 fully saturated rings. The van der Waals surface area contributed by atoms with Crippen molar-refractivity contribution in [2.24, 2.45) is 0 Å². The predicted molar refractivity (Wildman–Crippen MR) is 131 cm³/mol. The Morgan fingerprint density at radius 2 is 2.05 bits per heavy atom. The second-order valence-electron chi connectivity index (χ2n) is 7.87. The third-order valence-corrected chi connectivity index (χ3v) is 5.48. The van der Waals surface area contributed by atoms with Crippen LogP contribution < -0.4 is 20.7 Å². The fourth-order valence-corrected chi connectivity index (χ4v) is 3.67. The first-order valence-electron chi connectivity index (χ1n) is 11.4. The number of ether oxygens (including phenoxy) is 1.